The second-order valence-corrected chi connectivity index (χ2v) is 11.5. The van der Waals surface area contributed by atoms with E-state index in [9.17, 15) is 28.8 Å². The van der Waals surface area contributed by atoms with Gasteiger partial charge in [0.25, 0.3) is 0 Å². The van der Waals surface area contributed by atoms with Crippen LogP contribution in [0.25, 0.3) is 0 Å². The lowest BCUT2D eigenvalue weighted by atomic mass is 10.1. The number of hydrogen-bond acceptors (Lipinski definition) is 15. The molecule has 3 aliphatic heterocycles. The smallest absolute Gasteiger partial charge is 0.323 e. The summed E-state index contributed by atoms with van der Waals surface area (Å²) in [6.07, 6.45) is 4.65. The minimum absolute atomic E-state index is 0.160. The van der Waals surface area contributed by atoms with Gasteiger partial charge in [0.15, 0.2) is 0 Å². The number of carboxylic acid groups (broad SMARTS) is 6. The van der Waals surface area contributed by atoms with Crippen molar-refractivity contribution in [2.75, 3.05) is 26.2 Å². The Morgan fingerprint density at radius 2 is 1.00 bits per heavy atom. The summed E-state index contributed by atoms with van der Waals surface area (Å²) in [5.74, 6) is -5.38. The lowest BCUT2D eigenvalue weighted by Gasteiger charge is -2.06. The fraction of sp³-hybridized carbons (Fsp3) is 0.613. The molecule has 4 unspecified atom stereocenters. The Morgan fingerprint density at radius 3 is 1.15 bits per heavy atom. The fourth-order valence-corrected chi connectivity index (χ4v) is 3.94. The first-order chi connectivity index (χ1) is 24.2. The van der Waals surface area contributed by atoms with Crippen LogP contribution < -0.4 is 33.2 Å². The van der Waals surface area contributed by atoms with Gasteiger partial charge in [-0.2, -0.15) is 0 Å². The van der Waals surface area contributed by atoms with Crippen molar-refractivity contribution in [3.05, 3.63) is 29.8 Å². The summed E-state index contributed by atoms with van der Waals surface area (Å²) in [7, 11) is 0. The highest BCUT2D eigenvalue weighted by molar-refractivity contribution is 5.75. The van der Waals surface area contributed by atoms with Crippen LogP contribution in [0.4, 0.5) is 0 Å². The number of rotatable bonds is 10. The van der Waals surface area contributed by atoms with Crippen molar-refractivity contribution in [3.63, 3.8) is 0 Å². The average molecular weight is 751 g/mol. The average Bonchev–Trinajstić information content (AvgIpc) is 3.91. The number of aromatic hydroxyl groups is 1. The number of nitrogens with one attached hydrogen (secondary N) is 3. The minimum Gasteiger partial charge on any atom is -0.508 e. The Morgan fingerprint density at radius 1 is 0.654 bits per heavy atom. The van der Waals surface area contributed by atoms with Gasteiger partial charge in [-0.05, 0) is 89.2 Å². The van der Waals surface area contributed by atoms with Gasteiger partial charge in [0.2, 0.25) is 0 Å². The van der Waals surface area contributed by atoms with E-state index in [0.717, 1.165) is 63.7 Å². The standard InChI is InChI=1S/C9H11NO3.3C5H9NO2.C4H9NO3.C3H7NO3/c10-8(9(12)13)5-6-1-3-7(11)4-2-6;3*7-5(8)4-2-1-3-6-4;1-2(6)3(5)4(7)8;4-2(1-5)3(6)7/h1-4,8,11H,5,10H2,(H,12,13);3*4,6H,1-3H2,(H,7,8);2-3,6H,5H2,1H3,(H,7,8);2,5H,1,4H2,(H,6,7)/t;3*4-;;/m.000../s1. The molecule has 52 heavy (non-hydrogen) atoms. The van der Waals surface area contributed by atoms with Crippen LogP contribution in [0.15, 0.2) is 24.3 Å². The molecule has 0 amide bonds. The molecule has 21 heteroatoms. The summed E-state index contributed by atoms with van der Waals surface area (Å²) in [6, 6.07) is 2.34. The van der Waals surface area contributed by atoms with E-state index in [1.165, 1.54) is 19.1 Å². The molecule has 0 bridgehead atoms. The topological polar surface area (TPSA) is 399 Å². The van der Waals surface area contributed by atoms with Gasteiger partial charge in [-0.25, -0.2) is 0 Å². The largest absolute Gasteiger partial charge is 0.508 e. The molecular formula is C31H54N6O15. The molecule has 3 fully saturated rings. The molecule has 3 saturated heterocycles. The van der Waals surface area contributed by atoms with Crippen molar-refractivity contribution in [1.82, 2.24) is 16.0 Å². The molecule has 1 aromatic rings. The van der Waals surface area contributed by atoms with Gasteiger partial charge >= 0.3 is 35.8 Å². The van der Waals surface area contributed by atoms with E-state index in [0.29, 0.717) is 0 Å². The molecule has 0 aliphatic carbocycles. The SMILES string of the molecule is CC(O)C(N)C(=O)O.NC(CO)C(=O)O.NC(Cc1ccc(O)cc1)C(=O)O.O=C(O)[C@@H]1CCCN1.O=C(O)[C@@H]1CCCN1.O=C(O)[C@@H]1CCCN1. The molecule has 21 nitrogen and oxygen atoms in total. The van der Waals surface area contributed by atoms with Gasteiger partial charge < -0.3 is 79.1 Å². The van der Waals surface area contributed by atoms with Gasteiger partial charge in [-0.3, -0.25) is 28.8 Å². The number of aliphatic hydroxyl groups is 2. The van der Waals surface area contributed by atoms with Gasteiger partial charge in [-0.1, -0.05) is 12.1 Å². The molecule has 0 spiro atoms. The maximum absolute atomic E-state index is 10.4. The third-order valence-corrected chi connectivity index (χ3v) is 7.10. The summed E-state index contributed by atoms with van der Waals surface area (Å²) in [5.41, 5.74) is 15.8. The highest BCUT2D eigenvalue weighted by atomic mass is 16.4. The second-order valence-electron chi connectivity index (χ2n) is 11.5. The van der Waals surface area contributed by atoms with Crippen molar-refractivity contribution in [2.45, 2.75) is 94.2 Å². The number of aliphatic carboxylic acids is 6. The third kappa shape index (κ3) is 24.6. The zero-order valence-corrected chi connectivity index (χ0v) is 28.8. The monoisotopic (exact) mass is 750 g/mol. The molecule has 0 aromatic heterocycles. The van der Waals surface area contributed by atoms with Crippen LogP contribution in [0, 0.1) is 0 Å². The van der Waals surface area contributed by atoms with E-state index >= 15 is 0 Å². The molecule has 1 aromatic carbocycles. The highest BCUT2D eigenvalue weighted by Crippen LogP contribution is 2.11. The van der Waals surface area contributed by atoms with E-state index in [1.807, 2.05) is 0 Å². The van der Waals surface area contributed by atoms with Crippen LogP contribution in [0.2, 0.25) is 0 Å². The first kappa shape index (κ1) is 49.6. The number of aliphatic hydroxyl groups excluding tert-OH is 2. The summed E-state index contributed by atoms with van der Waals surface area (Å²) in [5, 5.41) is 83.5. The predicted molar refractivity (Wildman–Crippen MR) is 183 cm³/mol. The number of carboxylic acids is 6. The molecule has 0 saturated carbocycles. The Labute approximate surface area is 299 Å². The third-order valence-electron chi connectivity index (χ3n) is 7.10. The maximum Gasteiger partial charge on any atom is 0.323 e. The maximum atomic E-state index is 10.4. The number of benzene rings is 1. The van der Waals surface area contributed by atoms with Crippen molar-refractivity contribution in [2.24, 2.45) is 17.2 Å². The molecule has 0 radical (unpaired) electrons. The zero-order chi connectivity index (χ0) is 40.4. The van der Waals surface area contributed by atoms with Crippen LogP contribution in [0.3, 0.4) is 0 Å². The van der Waals surface area contributed by atoms with Crippen molar-refractivity contribution < 1.29 is 74.7 Å². The molecule has 18 N–H and O–H groups in total. The van der Waals surface area contributed by atoms with Gasteiger partial charge in [0, 0.05) is 0 Å². The first-order valence-electron chi connectivity index (χ1n) is 16.2. The van der Waals surface area contributed by atoms with Crippen LogP contribution >= 0.6 is 0 Å². The van der Waals surface area contributed by atoms with Gasteiger partial charge in [-0.15, -0.1) is 0 Å². The fourth-order valence-electron chi connectivity index (χ4n) is 3.94. The first-order valence-corrected chi connectivity index (χ1v) is 16.2. The number of phenolic OH excluding ortho intramolecular Hbond substituents is 1. The second kappa shape index (κ2) is 28.1. The highest BCUT2D eigenvalue weighted by Gasteiger charge is 2.22. The van der Waals surface area contributed by atoms with Gasteiger partial charge in [0.05, 0.1) is 12.7 Å². The Bertz CT molecular complexity index is 1120. The van der Waals surface area contributed by atoms with E-state index in [1.54, 1.807) is 12.1 Å². The molecule has 3 heterocycles. The van der Waals surface area contributed by atoms with Crippen LogP contribution in [0.5, 0.6) is 5.75 Å². The summed E-state index contributed by atoms with van der Waals surface area (Å²) >= 11 is 0. The summed E-state index contributed by atoms with van der Waals surface area (Å²) < 4.78 is 0. The number of carbonyl (C=O) groups is 6. The molecular weight excluding hydrogens is 696 g/mol. The van der Waals surface area contributed by atoms with Gasteiger partial charge in [0.1, 0.15) is 42.0 Å². The van der Waals surface area contributed by atoms with E-state index in [-0.39, 0.29) is 30.3 Å². The lowest BCUT2D eigenvalue weighted by molar-refractivity contribution is -0.141. The van der Waals surface area contributed by atoms with E-state index < -0.39 is 66.7 Å². The van der Waals surface area contributed by atoms with E-state index in [2.05, 4.69) is 16.0 Å². The Balaban J connectivity index is 0. The minimum atomic E-state index is -1.18. The van der Waals surface area contributed by atoms with Crippen molar-refractivity contribution in [1.29, 1.82) is 0 Å². The summed E-state index contributed by atoms with van der Waals surface area (Å²) in [4.78, 5) is 60.3. The van der Waals surface area contributed by atoms with Crippen LogP contribution in [-0.2, 0) is 35.2 Å². The molecule has 7 atom stereocenters. The molecule has 298 valence electrons. The van der Waals surface area contributed by atoms with Crippen molar-refractivity contribution >= 4 is 35.8 Å². The van der Waals surface area contributed by atoms with E-state index in [4.69, 9.17) is 63.2 Å². The molecule has 3 aliphatic rings. The van der Waals surface area contributed by atoms with Crippen molar-refractivity contribution in [3.8, 4) is 5.75 Å². The predicted octanol–water partition coefficient (Wildman–Crippen LogP) is -3.01. The Hall–Kier alpha value is -4.48. The number of phenols is 1. The lowest BCUT2D eigenvalue weighted by Crippen LogP contribution is -2.39. The summed E-state index contributed by atoms with van der Waals surface area (Å²) in [6.45, 7) is 3.40. The normalized spacial score (nSPS) is 20.6. The van der Waals surface area contributed by atoms with Crippen LogP contribution in [-0.4, -0.2) is 150 Å². The molecule has 4 rings (SSSR count). The van der Waals surface area contributed by atoms with Crippen LogP contribution in [0.1, 0.15) is 51.0 Å². The Kier molecular flexibility index (Phi) is 26.9. The number of nitrogens with two attached hydrogens (primary N) is 3. The number of hydrogen-bond donors (Lipinski definition) is 15. The quantitative estimate of drug-likeness (QED) is 0.113. The zero-order valence-electron chi connectivity index (χ0n) is 28.8.